The van der Waals surface area contributed by atoms with Crippen molar-refractivity contribution < 1.29 is 9.63 Å². The molecule has 0 saturated carbocycles. The zero-order valence-corrected chi connectivity index (χ0v) is 14.4. The van der Waals surface area contributed by atoms with Crippen molar-refractivity contribution in [3.8, 4) is 11.5 Å². The van der Waals surface area contributed by atoms with Crippen LogP contribution in [0.1, 0.15) is 30.5 Å². The summed E-state index contributed by atoms with van der Waals surface area (Å²) in [6, 6.07) is 11.3. The van der Waals surface area contributed by atoms with E-state index in [2.05, 4.69) is 25.0 Å². The SMILES string of the molecule is OC(c1ccccn1)C1CCN(Cc2nc(-c3ccccn3)no2)CC1. The lowest BCUT2D eigenvalue weighted by Gasteiger charge is -2.33. The van der Waals surface area contributed by atoms with Crippen LogP contribution >= 0.6 is 0 Å². The van der Waals surface area contributed by atoms with Gasteiger partial charge in [-0.1, -0.05) is 17.3 Å². The summed E-state index contributed by atoms with van der Waals surface area (Å²) in [6.07, 6.45) is 4.76. The van der Waals surface area contributed by atoms with Gasteiger partial charge in [-0.3, -0.25) is 14.9 Å². The van der Waals surface area contributed by atoms with Gasteiger partial charge < -0.3 is 9.63 Å². The molecule has 0 aromatic carbocycles. The van der Waals surface area contributed by atoms with Crippen molar-refractivity contribution in [3.05, 3.63) is 60.4 Å². The Balaban J connectivity index is 1.32. The lowest BCUT2D eigenvalue weighted by molar-refractivity contribution is 0.0511. The van der Waals surface area contributed by atoms with Crippen molar-refractivity contribution in [3.63, 3.8) is 0 Å². The van der Waals surface area contributed by atoms with Gasteiger partial charge in [0.2, 0.25) is 11.7 Å². The molecule has 1 atom stereocenters. The van der Waals surface area contributed by atoms with Crippen molar-refractivity contribution in [1.29, 1.82) is 0 Å². The van der Waals surface area contributed by atoms with Gasteiger partial charge >= 0.3 is 0 Å². The van der Waals surface area contributed by atoms with Crippen LogP contribution < -0.4 is 0 Å². The second-order valence-electron chi connectivity index (χ2n) is 6.54. The average Bonchev–Trinajstić information content (AvgIpc) is 3.18. The summed E-state index contributed by atoms with van der Waals surface area (Å²) >= 11 is 0. The highest BCUT2D eigenvalue weighted by Crippen LogP contribution is 2.30. The molecule has 4 heterocycles. The van der Waals surface area contributed by atoms with E-state index in [1.807, 2.05) is 36.4 Å². The molecule has 0 amide bonds. The average molecular weight is 351 g/mol. The molecule has 1 saturated heterocycles. The number of aliphatic hydroxyl groups excluding tert-OH is 1. The van der Waals surface area contributed by atoms with Crippen LogP contribution in [0.3, 0.4) is 0 Å². The second-order valence-corrected chi connectivity index (χ2v) is 6.54. The summed E-state index contributed by atoms with van der Waals surface area (Å²) in [5.74, 6) is 1.34. The molecule has 1 aliphatic rings. The number of pyridine rings is 2. The largest absolute Gasteiger partial charge is 0.387 e. The Kier molecular flexibility index (Phi) is 4.99. The molecule has 4 rings (SSSR count). The van der Waals surface area contributed by atoms with Crippen LogP contribution in [0.15, 0.2) is 53.3 Å². The highest BCUT2D eigenvalue weighted by Gasteiger charge is 2.27. The normalized spacial score (nSPS) is 17.3. The lowest BCUT2D eigenvalue weighted by Crippen LogP contribution is -2.35. The Bertz CT molecular complexity index is 816. The first-order chi connectivity index (χ1) is 12.8. The van der Waals surface area contributed by atoms with Gasteiger partial charge in [0.25, 0.3) is 0 Å². The van der Waals surface area contributed by atoms with Gasteiger partial charge in [-0.15, -0.1) is 0 Å². The first-order valence-electron chi connectivity index (χ1n) is 8.85. The van der Waals surface area contributed by atoms with Gasteiger partial charge in [-0.2, -0.15) is 4.98 Å². The van der Waals surface area contributed by atoms with Crippen LogP contribution in [0, 0.1) is 5.92 Å². The van der Waals surface area contributed by atoms with Crippen molar-refractivity contribution in [2.24, 2.45) is 5.92 Å². The molecule has 0 bridgehead atoms. The van der Waals surface area contributed by atoms with Crippen molar-refractivity contribution in [2.75, 3.05) is 13.1 Å². The molecular formula is C19H21N5O2. The smallest absolute Gasteiger partial charge is 0.241 e. The van der Waals surface area contributed by atoms with Gasteiger partial charge in [0, 0.05) is 12.4 Å². The van der Waals surface area contributed by atoms with Gasteiger partial charge in [-0.05, 0) is 56.1 Å². The molecule has 0 aliphatic carbocycles. The fourth-order valence-electron chi connectivity index (χ4n) is 3.33. The van der Waals surface area contributed by atoms with Gasteiger partial charge in [0.15, 0.2) is 0 Å². The maximum absolute atomic E-state index is 10.5. The summed E-state index contributed by atoms with van der Waals surface area (Å²) in [7, 11) is 0. The van der Waals surface area contributed by atoms with E-state index < -0.39 is 6.10 Å². The Morgan fingerprint density at radius 1 is 1.08 bits per heavy atom. The highest BCUT2D eigenvalue weighted by atomic mass is 16.5. The van der Waals surface area contributed by atoms with E-state index in [4.69, 9.17) is 4.52 Å². The van der Waals surface area contributed by atoms with E-state index >= 15 is 0 Å². The number of aromatic nitrogens is 4. The number of rotatable bonds is 5. The number of hydrogen-bond acceptors (Lipinski definition) is 7. The summed E-state index contributed by atoms with van der Waals surface area (Å²) in [5, 5.41) is 14.5. The van der Waals surface area contributed by atoms with Crippen LogP contribution in [0.25, 0.3) is 11.5 Å². The molecule has 7 nitrogen and oxygen atoms in total. The Hall–Kier alpha value is -2.64. The van der Waals surface area contributed by atoms with Gasteiger partial charge in [-0.25, -0.2) is 0 Å². The van der Waals surface area contributed by atoms with Crippen LogP contribution in [0.2, 0.25) is 0 Å². The van der Waals surface area contributed by atoms with Crippen LogP contribution in [0.4, 0.5) is 0 Å². The predicted octanol–water partition coefficient (Wildman–Crippen LogP) is 2.47. The molecule has 134 valence electrons. The molecular weight excluding hydrogens is 330 g/mol. The third-order valence-electron chi connectivity index (χ3n) is 4.79. The zero-order chi connectivity index (χ0) is 17.8. The summed E-state index contributed by atoms with van der Waals surface area (Å²) in [4.78, 5) is 15.2. The van der Waals surface area contributed by atoms with Crippen molar-refractivity contribution >= 4 is 0 Å². The lowest BCUT2D eigenvalue weighted by atomic mass is 9.89. The molecule has 0 spiro atoms. The summed E-state index contributed by atoms with van der Waals surface area (Å²) in [5.41, 5.74) is 1.46. The third kappa shape index (κ3) is 3.79. The monoisotopic (exact) mass is 351 g/mol. The van der Waals surface area contributed by atoms with E-state index in [9.17, 15) is 5.11 Å². The Labute approximate surface area is 151 Å². The number of hydrogen-bond donors (Lipinski definition) is 1. The van der Waals surface area contributed by atoms with Crippen LogP contribution in [-0.4, -0.2) is 43.2 Å². The summed E-state index contributed by atoms with van der Waals surface area (Å²) in [6.45, 7) is 2.39. The van der Waals surface area contributed by atoms with Crippen LogP contribution in [0.5, 0.6) is 0 Å². The number of aliphatic hydroxyl groups is 1. The number of likely N-dealkylation sites (tertiary alicyclic amines) is 1. The molecule has 0 radical (unpaired) electrons. The molecule has 1 fully saturated rings. The first kappa shape index (κ1) is 16.8. The quantitative estimate of drug-likeness (QED) is 0.755. The summed E-state index contributed by atoms with van der Waals surface area (Å²) < 4.78 is 5.36. The van der Waals surface area contributed by atoms with E-state index in [1.165, 1.54) is 0 Å². The molecule has 1 N–H and O–H groups in total. The fourth-order valence-corrected chi connectivity index (χ4v) is 3.33. The topological polar surface area (TPSA) is 88.2 Å². The fraction of sp³-hybridized carbons (Fsp3) is 0.368. The minimum absolute atomic E-state index is 0.230. The molecule has 3 aromatic rings. The highest BCUT2D eigenvalue weighted by molar-refractivity contribution is 5.46. The molecule has 3 aromatic heterocycles. The minimum Gasteiger partial charge on any atom is -0.387 e. The molecule has 26 heavy (non-hydrogen) atoms. The zero-order valence-electron chi connectivity index (χ0n) is 14.4. The maximum atomic E-state index is 10.5. The maximum Gasteiger partial charge on any atom is 0.241 e. The Morgan fingerprint density at radius 2 is 1.85 bits per heavy atom. The standard InChI is InChI=1S/C19H21N5O2/c25-18(15-5-1-3-9-20-15)14-7-11-24(12-8-14)13-17-22-19(23-26-17)16-6-2-4-10-21-16/h1-6,9-10,14,18,25H,7-8,11-13H2. The Morgan fingerprint density at radius 3 is 2.54 bits per heavy atom. The third-order valence-corrected chi connectivity index (χ3v) is 4.79. The molecule has 7 heteroatoms. The number of nitrogens with zero attached hydrogens (tertiary/aromatic N) is 5. The molecule has 1 aliphatic heterocycles. The van der Waals surface area contributed by atoms with E-state index in [0.717, 1.165) is 31.6 Å². The number of piperidine rings is 1. The van der Waals surface area contributed by atoms with E-state index in [0.29, 0.717) is 24.0 Å². The van der Waals surface area contributed by atoms with E-state index in [1.54, 1.807) is 12.4 Å². The van der Waals surface area contributed by atoms with Crippen LogP contribution in [-0.2, 0) is 6.54 Å². The van der Waals surface area contributed by atoms with Crippen molar-refractivity contribution in [2.45, 2.75) is 25.5 Å². The molecule has 1 unspecified atom stereocenters. The minimum atomic E-state index is -0.502. The van der Waals surface area contributed by atoms with Gasteiger partial charge in [0.1, 0.15) is 5.69 Å². The predicted molar refractivity (Wildman–Crippen MR) is 94.7 cm³/mol. The van der Waals surface area contributed by atoms with E-state index in [-0.39, 0.29) is 5.92 Å². The first-order valence-corrected chi connectivity index (χ1v) is 8.85. The van der Waals surface area contributed by atoms with Gasteiger partial charge in [0.05, 0.1) is 18.3 Å². The van der Waals surface area contributed by atoms with Crippen molar-refractivity contribution in [1.82, 2.24) is 25.0 Å². The second kappa shape index (κ2) is 7.72.